The van der Waals surface area contributed by atoms with E-state index in [1.54, 1.807) is 6.07 Å². The van der Waals surface area contributed by atoms with Crippen LogP contribution in [0.25, 0.3) is 0 Å². The summed E-state index contributed by atoms with van der Waals surface area (Å²) in [4.78, 5) is 0. The highest BCUT2D eigenvalue weighted by molar-refractivity contribution is 6.34. The molecule has 0 bridgehead atoms. The predicted octanol–water partition coefficient (Wildman–Crippen LogP) is 6.88. The van der Waals surface area contributed by atoms with Gasteiger partial charge in [0, 0.05) is 22.0 Å². The highest BCUT2D eigenvalue weighted by Crippen LogP contribution is 2.18. The summed E-state index contributed by atoms with van der Waals surface area (Å²) in [5.41, 5.74) is 0.905. The maximum atomic E-state index is 5.93. The Morgan fingerprint density at radius 2 is 1.35 bits per heavy atom. The van der Waals surface area contributed by atoms with E-state index < -0.39 is 0 Å². The van der Waals surface area contributed by atoms with Crippen LogP contribution in [0.2, 0.25) is 10.0 Å². The van der Waals surface area contributed by atoms with Crippen molar-refractivity contribution in [2.24, 2.45) is 0 Å². The van der Waals surface area contributed by atoms with Crippen LogP contribution in [0.5, 0.6) is 0 Å². The van der Waals surface area contributed by atoms with Gasteiger partial charge in [-0.05, 0) is 24.6 Å². The zero-order valence-corrected chi connectivity index (χ0v) is 13.9. The van der Waals surface area contributed by atoms with Crippen molar-refractivity contribution in [1.82, 2.24) is 0 Å². The number of halogens is 2. The van der Waals surface area contributed by atoms with Crippen LogP contribution in [0.1, 0.15) is 70.3 Å². The zero-order valence-electron chi connectivity index (χ0n) is 12.4. The number of unbranched alkanes of at least 4 members (excludes halogenated alkanes) is 8. The Kier molecular flexibility index (Phi) is 9.63. The summed E-state index contributed by atoms with van der Waals surface area (Å²) < 4.78 is 0. The highest BCUT2D eigenvalue weighted by atomic mass is 35.5. The minimum atomic E-state index is 0.647. The Labute approximate surface area is 133 Å². The highest BCUT2D eigenvalue weighted by Gasteiger charge is 1.94. The maximum Gasteiger partial charge on any atom is 0.0433 e. The van der Waals surface area contributed by atoms with Gasteiger partial charge in [-0.15, -0.1) is 0 Å². The van der Waals surface area contributed by atoms with Crippen LogP contribution in [0.15, 0.2) is 18.2 Å². The van der Waals surface area contributed by atoms with E-state index in [4.69, 9.17) is 23.2 Å². The number of hydrogen-bond acceptors (Lipinski definition) is 0. The minimum Gasteiger partial charge on any atom is -0.0979 e. The van der Waals surface area contributed by atoms with Crippen LogP contribution in [0, 0.1) is 11.8 Å². The van der Waals surface area contributed by atoms with Crippen LogP contribution in [-0.4, -0.2) is 0 Å². The molecule has 0 saturated carbocycles. The van der Waals surface area contributed by atoms with Crippen molar-refractivity contribution in [1.29, 1.82) is 0 Å². The molecule has 1 aromatic carbocycles. The first-order valence-corrected chi connectivity index (χ1v) is 8.43. The second kappa shape index (κ2) is 11.1. The van der Waals surface area contributed by atoms with Crippen LogP contribution >= 0.6 is 23.2 Å². The van der Waals surface area contributed by atoms with Crippen molar-refractivity contribution in [3.05, 3.63) is 33.8 Å². The van der Waals surface area contributed by atoms with Gasteiger partial charge in [-0.25, -0.2) is 0 Å². The third-order valence-corrected chi connectivity index (χ3v) is 3.69. The van der Waals surface area contributed by atoms with Crippen molar-refractivity contribution < 1.29 is 0 Å². The molecule has 0 saturated heterocycles. The first-order valence-electron chi connectivity index (χ1n) is 7.67. The molecule has 1 aromatic rings. The van der Waals surface area contributed by atoms with E-state index in [0.717, 1.165) is 12.0 Å². The largest absolute Gasteiger partial charge is 0.0979 e. The Morgan fingerprint density at radius 3 is 1.95 bits per heavy atom. The van der Waals surface area contributed by atoms with Gasteiger partial charge < -0.3 is 0 Å². The van der Waals surface area contributed by atoms with Crippen molar-refractivity contribution in [3.63, 3.8) is 0 Å². The van der Waals surface area contributed by atoms with Crippen molar-refractivity contribution in [3.8, 4) is 11.8 Å². The lowest BCUT2D eigenvalue weighted by Gasteiger charge is -1.99. The fourth-order valence-corrected chi connectivity index (χ4v) is 2.66. The fourth-order valence-electron chi connectivity index (χ4n) is 2.14. The molecule has 0 aliphatic heterocycles. The number of rotatable bonds is 8. The monoisotopic (exact) mass is 310 g/mol. The first kappa shape index (κ1) is 17.4. The van der Waals surface area contributed by atoms with Crippen molar-refractivity contribution >= 4 is 23.2 Å². The van der Waals surface area contributed by atoms with Crippen LogP contribution < -0.4 is 0 Å². The molecule has 0 heterocycles. The zero-order chi connectivity index (χ0) is 14.6. The van der Waals surface area contributed by atoms with E-state index in [0.29, 0.717) is 10.0 Å². The summed E-state index contributed by atoms with van der Waals surface area (Å²) in [5, 5.41) is 1.29. The molecule has 110 valence electrons. The normalized spacial score (nSPS) is 10.2. The topological polar surface area (TPSA) is 0 Å². The average molecular weight is 311 g/mol. The van der Waals surface area contributed by atoms with Crippen LogP contribution in [-0.2, 0) is 0 Å². The van der Waals surface area contributed by atoms with Gasteiger partial charge in [0.05, 0.1) is 0 Å². The predicted molar refractivity (Wildman–Crippen MR) is 90.6 cm³/mol. The van der Waals surface area contributed by atoms with Crippen LogP contribution in [0.4, 0.5) is 0 Å². The lowest BCUT2D eigenvalue weighted by Crippen LogP contribution is -1.80. The third-order valence-electron chi connectivity index (χ3n) is 3.25. The van der Waals surface area contributed by atoms with Gasteiger partial charge in [0.15, 0.2) is 0 Å². The molecule has 20 heavy (non-hydrogen) atoms. The van der Waals surface area contributed by atoms with E-state index in [2.05, 4.69) is 18.8 Å². The van der Waals surface area contributed by atoms with Gasteiger partial charge in [0.1, 0.15) is 0 Å². The molecule has 0 N–H and O–H groups in total. The summed E-state index contributed by atoms with van der Waals surface area (Å²) in [7, 11) is 0. The summed E-state index contributed by atoms with van der Waals surface area (Å²) in [6.45, 7) is 2.26. The lowest BCUT2D eigenvalue weighted by atomic mass is 10.1. The van der Waals surface area contributed by atoms with Crippen molar-refractivity contribution in [2.75, 3.05) is 0 Å². The van der Waals surface area contributed by atoms with Gasteiger partial charge in [-0.2, -0.15) is 0 Å². The summed E-state index contributed by atoms with van der Waals surface area (Å²) >= 11 is 11.9. The summed E-state index contributed by atoms with van der Waals surface area (Å²) in [5.74, 6) is 6.33. The first-order chi connectivity index (χ1) is 9.72. The molecule has 0 atom stereocenters. The van der Waals surface area contributed by atoms with E-state index in [9.17, 15) is 0 Å². The molecule has 0 nitrogen and oxygen atoms in total. The molecule has 1 rings (SSSR count). The SMILES string of the molecule is CCCCCCCCCCC#Cc1cc(Cl)cc(Cl)c1. The standard InChI is InChI=1S/C18H24Cl2/c1-2-3-4-5-6-7-8-9-10-11-12-16-13-17(19)15-18(20)14-16/h13-15H,2-10H2,1H3. The summed E-state index contributed by atoms with van der Waals surface area (Å²) in [6.07, 6.45) is 11.6. The average Bonchev–Trinajstić information content (AvgIpc) is 2.40. The Bertz CT molecular complexity index is 420. The van der Waals surface area contributed by atoms with Gasteiger partial charge in [0.25, 0.3) is 0 Å². The molecule has 2 heteroatoms. The van der Waals surface area contributed by atoms with E-state index in [1.165, 1.54) is 51.4 Å². The second-order valence-corrected chi connectivity index (χ2v) is 6.06. The number of benzene rings is 1. The minimum absolute atomic E-state index is 0.647. The third kappa shape index (κ3) is 8.51. The maximum absolute atomic E-state index is 5.93. The van der Waals surface area contributed by atoms with E-state index in [1.807, 2.05) is 12.1 Å². The van der Waals surface area contributed by atoms with Gasteiger partial charge >= 0.3 is 0 Å². The van der Waals surface area contributed by atoms with Gasteiger partial charge in [-0.1, -0.05) is 86.9 Å². The molecule has 0 fully saturated rings. The molecule has 0 aliphatic rings. The molecule has 0 spiro atoms. The Morgan fingerprint density at radius 1 is 0.800 bits per heavy atom. The molecule has 0 aliphatic carbocycles. The fraction of sp³-hybridized carbons (Fsp3) is 0.556. The van der Waals surface area contributed by atoms with Crippen molar-refractivity contribution in [2.45, 2.75) is 64.7 Å². The summed E-state index contributed by atoms with van der Waals surface area (Å²) in [6, 6.07) is 5.44. The molecular formula is C18H24Cl2. The van der Waals surface area contributed by atoms with Crippen LogP contribution in [0.3, 0.4) is 0 Å². The molecule has 0 radical (unpaired) electrons. The molecule has 0 aromatic heterocycles. The van der Waals surface area contributed by atoms with E-state index in [-0.39, 0.29) is 0 Å². The lowest BCUT2D eigenvalue weighted by molar-refractivity contribution is 0.579. The van der Waals surface area contributed by atoms with Gasteiger partial charge in [-0.3, -0.25) is 0 Å². The Balaban J connectivity index is 2.11. The second-order valence-electron chi connectivity index (χ2n) is 5.18. The molecule has 0 unspecified atom stereocenters. The Hall–Kier alpha value is -0.640. The smallest absolute Gasteiger partial charge is 0.0433 e. The number of hydrogen-bond donors (Lipinski definition) is 0. The molecular weight excluding hydrogens is 287 g/mol. The quantitative estimate of drug-likeness (QED) is 0.363. The molecule has 0 amide bonds. The van der Waals surface area contributed by atoms with Gasteiger partial charge in [0.2, 0.25) is 0 Å². The van der Waals surface area contributed by atoms with E-state index >= 15 is 0 Å².